The van der Waals surface area contributed by atoms with Crippen molar-refractivity contribution in [3.63, 3.8) is 0 Å². The molecule has 17 heavy (non-hydrogen) atoms. The molecule has 2 aromatic rings. The number of rotatable bonds is 3. The molecule has 2 rings (SSSR count). The molecule has 1 aromatic carbocycles. The summed E-state index contributed by atoms with van der Waals surface area (Å²) in [7, 11) is 0. The van der Waals surface area contributed by atoms with Crippen molar-refractivity contribution >= 4 is 28.4 Å². The second-order valence-corrected chi connectivity index (χ2v) is 4.81. The highest BCUT2D eigenvalue weighted by atomic mass is 127. The third kappa shape index (κ3) is 2.74. The molecule has 0 saturated carbocycles. The first-order valence-electron chi connectivity index (χ1n) is 5.05. The summed E-state index contributed by atoms with van der Waals surface area (Å²) in [6.45, 7) is 0.205. The number of aromatic nitrogens is 1. The molecule has 1 heterocycles. The molecule has 0 aliphatic heterocycles. The van der Waals surface area contributed by atoms with E-state index in [0.717, 1.165) is 3.57 Å². The SMILES string of the molecule is N#Cc1cccn1CC(=O)c1ccc(I)cc1. The van der Waals surface area contributed by atoms with Gasteiger partial charge in [0.15, 0.2) is 5.78 Å². The molecule has 0 bridgehead atoms. The van der Waals surface area contributed by atoms with Crippen LogP contribution in [-0.2, 0) is 6.54 Å². The minimum atomic E-state index is 0.00843. The average Bonchev–Trinajstić information content (AvgIpc) is 2.77. The van der Waals surface area contributed by atoms with Gasteiger partial charge in [-0.2, -0.15) is 5.26 Å². The van der Waals surface area contributed by atoms with Crippen molar-refractivity contribution in [3.8, 4) is 6.07 Å². The van der Waals surface area contributed by atoms with Crippen LogP contribution in [0.5, 0.6) is 0 Å². The molecule has 0 saturated heterocycles. The lowest BCUT2D eigenvalue weighted by atomic mass is 10.1. The van der Waals surface area contributed by atoms with Crippen LogP contribution in [0.1, 0.15) is 16.1 Å². The lowest BCUT2D eigenvalue weighted by Crippen LogP contribution is -2.10. The normalized spacial score (nSPS) is 9.88. The van der Waals surface area contributed by atoms with Crippen molar-refractivity contribution in [1.29, 1.82) is 5.26 Å². The smallest absolute Gasteiger partial charge is 0.182 e. The predicted octanol–water partition coefficient (Wildman–Crippen LogP) is 2.85. The zero-order valence-corrected chi connectivity index (χ0v) is 11.1. The van der Waals surface area contributed by atoms with Crippen LogP contribution in [0.25, 0.3) is 0 Å². The maximum Gasteiger partial charge on any atom is 0.182 e. The van der Waals surface area contributed by atoms with Gasteiger partial charge in [-0.25, -0.2) is 0 Å². The average molecular weight is 336 g/mol. The summed E-state index contributed by atoms with van der Waals surface area (Å²) in [6.07, 6.45) is 1.74. The minimum absolute atomic E-state index is 0.00843. The molecular formula is C13H9IN2O. The van der Waals surface area contributed by atoms with Crippen molar-refractivity contribution < 1.29 is 4.79 Å². The van der Waals surface area contributed by atoms with Gasteiger partial charge in [0, 0.05) is 15.3 Å². The number of carbonyl (C=O) groups excluding carboxylic acids is 1. The van der Waals surface area contributed by atoms with Gasteiger partial charge in [-0.15, -0.1) is 0 Å². The van der Waals surface area contributed by atoms with Crippen LogP contribution in [0.3, 0.4) is 0 Å². The molecule has 0 unspecified atom stereocenters. The summed E-state index contributed by atoms with van der Waals surface area (Å²) in [5, 5.41) is 8.84. The lowest BCUT2D eigenvalue weighted by molar-refractivity contribution is 0.0972. The molecule has 1 aromatic heterocycles. The first-order chi connectivity index (χ1) is 8.20. The standard InChI is InChI=1S/C13H9IN2O/c14-11-5-3-10(4-6-11)13(17)9-16-7-1-2-12(16)8-15/h1-7H,9H2. The van der Waals surface area contributed by atoms with Gasteiger partial charge in [-0.1, -0.05) is 12.1 Å². The fourth-order valence-corrected chi connectivity index (χ4v) is 1.89. The van der Waals surface area contributed by atoms with E-state index in [9.17, 15) is 4.79 Å². The van der Waals surface area contributed by atoms with E-state index in [4.69, 9.17) is 5.26 Å². The van der Waals surface area contributed by atoms with Gasteiger partial charge in [0.2, 0.25) is 0 Å². The van der Waals surface area contributed by atoms with Gasteiger partial charge in [0.1, 0.15) is 11.8 Å². The van der Waals surface area contributed by atoms with Crippen molar-refractivity contribution in [3.05, 3.63) is 57.4 Å². The molecule has 3 nitrogen and oxygen atoms in total. The van der Waals surface area contributed by atoms with Gasteiger partial charge >= 0.3 is 0 Å². The summed E-state index contributed by atoms with van der Waals surface area (Å²) in [6, 6.07) is 12.9. The number of nitriles is 1. The Balaban J connectivity index is 2.18. The Morgan fingerprint density at radius 1 is 1.29 bits per heavy atom. The molecular weight excluding hydrogens is 327 g/mol. The third-order valence-electron chi connectivity index (χ3n) is 2.42. The van der Waals surface area contributed by atoms with Crippen molar-refractivity contribution in [1.82, 2.24) is 4.57 Å². The summed E-state index contributed by atoms with van der Waals surface area (Å²) in [5.74, 6) is 0.00843. The van der Waals surface area contributed by atoms with E-state index in [1.807, 2.05) is 12.1 Å². The molecule has 0 N–H and O–H groups in total. The Morgan fingerprint density at radius 2 is 2.00 bits per heavy atom. The largest absolute Gasteiger partial charge is 0.332 e. The summed E-state index contributed by atoms with van der Waals surface area (Å²) in [4.78, 5) is 12.0. The van der Waals surface area contributed by atoms with E-state index in [1.54, 1.807) is 35.0 Å². The van der Waals surface area contributed by atoms with Crippen molar-refractivity contribution in [2.24, 2.45) is 0 Å². The molecule has 84 valence electrons. The van der Waals surface area contributed by atoms with Crippen LogP contribution in [-0.4, -0.2) is 10.4 Å². The predicted molar refractivity (Wildman–Crippen MR) is 72.6 cm³/mol. The lowest BCUT2D eigenvalue weighted by Gasteiger charge is -2.04. The van der Waals surface area contributed by atoms with E-state index >= 15 is 0 Å². The fourth-order valence-electron chi connectivity index (χ4n) is 1.54. The molecule has 0 spiro atoms. The second kappa shape index (κ2) is 5.15. The highest BCUT2D eigenvalue weighted by Gasteiger charge is 2.08. The highest BCUT2D eigenvalue weighted by molar-refractivity contribution is 14.1. The van der Waals surface area contributed by atoms with Crippen LogP contribution in [0.4, 0.5) is 0 Å². The minimum Gasteiger partial charge on any atom is -0.332 e. The van der Waals surface area contributed by atoms with Gasteiger partial charge in [-0.3, -0.25) is 4.79 Å². The number of hydrogen-bond acceptors (Lipinski definition) is 2. The Labute approximate surface area is 113 Å². The molecule has 0 radical (unpaired) electrons. The van der Waals surface area contributed by atoms with Crippen LogP contribution in [0, 0.1) is 14.9 Å². The number of halogens is 1. The van der Waals surface area contributed by atoms with Crippen LogP contribution >= 0.6 is 22.6 Å². The monoisotopic (exact) mass is 336 g/mol. The Kier molecular flexibility index (Phi) is 3.59. The van der Waals surface area contributed by atoms with E-state index < -0.39 is 0 Å². The molecule has 0 fully saturated rings. The Morgan fingerprint density at radius 3 is 2.65 bits per heavy atom. The van der Waals surface area contributed by atoms with E-state index in [-0.39, 0.29) is 12.3 Å². The van der Waals surface area contributed by atoms with Crippen LogP contribution in [0.2, 0.25) is 0 Å². The molecule has 4 heteroatoms. The van der Waals surface area contributed by atoms with Crippen molar-refractivity contribution in [2.75, 3.05) is 0 Å². The van der Waals surface area contributed by atoms with Crippen LogP contribution < -0.4 is 0 Å². The summed E-state index contributed by atoms with van der Waals surface area (Å²) >= 11 is 2.19. The van der Waals surface area contributed by atoms with Gasteiger partial charge < -0.3 is 4.57 Å². The number of ketones is 1. The number of nitrogens with zero attached hydrogens (tertiary/aromatic N) is 2. The second-order valence-electron chi connectivity index (χ2n) is 3.56. The fraction of sp³-hybridized carbons (Fsp3) is 0.0769. The first-order valence-corrected chi connectivity index (χ1v) is 6.12. The van der Waals surface area contributed by atoms with Crippen molar-refractivity contribution in [2.45, 2.75) is 6.54 Å². The Bertz CT molecular complexity index is 578. The summed E-state index contributed by atoms with van der Waals surface area (Å²) in [5.41, 5.74) is 1.17. The van der Waals surface area contributed by atoms with Gasteiger partial charge in [0.25, 0.3) is 0 Å². The number of benzene rings is 1. The zero-order valence-electron chi connectivity index (χ0n) is 8.93. The number of carbonyl (C=O) groups is 1. The first kappa shape index (κ1) is 11.9. The molecule has 0 aliphatic carbocycles. The quantitative estimate of drug-likeness (QED) is 0.639. The maximum atomic E-state index is 12.0. The van der Waals surface area contributed by atoms with Crippen LogP contribution in [0.15, 0.2) is 42.6 Å². The molecule has 0 aliphatic rings. The van der Waals surface area contributed by atoms with E-state index in [0.29, 0.717) is 11.3 Å². The van der Waals surface area contributed by atoms with E-state index in [1.165, 1.54) is 0 Å². The number of hydrogen-bond donors (Lipinski definition) is 0. The Hall–Kier alpha value is -1.61. The summed E-state index contributed by atoms with van der Waals surface area (Å²) < 4.78 is 2.75. The number of Topliss-reactive ketones (excluding diaryl/α,β-unsaturated/α-hetero) is 1. The third-order valence-corrected chi connectivity index (χ3v) is 3.14. The topological polar surface area (TPSA) is 45.8 Å². The molecule has 0 amide bonds. The van der Waals surface area contributed by atoms with E-state index in [2.05, 4.69) is 28.7 Å². The van der Waals surface area contributed by atoms with Gasteiger partial charge in [0.05, 0.1) is 6.54 Å². The maximum absolute atomic E-state index is 12.0. The molecule has 0 atom stereocenters. The van der Waals surface area contributed by atoms with Gasteiger partial charge in [-0.05, 0) is 46.9 Å². The zero-order chi connectivity index (χ0) is 12.3. The highest BCUT2D eigenvalue weighted by Crippen LogP contribution is 2.09.